The van der Waals surface area contributed by atoms with Crippen molar-refractivity contribution >= 4 is 14.1 Å². The third kappa shape index (κ3) is 2.41. The van der Waals surface area contributed by atoms with E-state index < -0.39 is 0 Å². The second kappa shape index (κ2) is 3.98. The van der Waals surface area contributed by atoms with Crippen molar-refractivity contribution in [2.45, 2.75) is 32.6 Å². The minimum Gasteiger partial charge on any atom is -0.464 e. The first-order chi connectivity index (χ1) is 7.07. The van der Waals surface area contributed by atoms with Crippen LogP contribution in [0.1, 0.15) is 32.8 Å². The summed E-state index contributed by atoms with van der Waals surface area (Å²) >= 11 is 0. The number of allylic oxidation sites excluding steroid dienone is 4. The van der Waals surface area contributed by atoms with Gasteiger partial charge in [-0.15, -0.1) is 0 Å². The number of rotatable bonds is 2. The molecule has 0 aromatic carbocycles. The van der Waals surface area contributed by atoms with E-state index in [1.807, 2.05) is 6.26 Å². The second-order valence-corrected chi connectivity index (χ2v) is 6.21. The van der Waals surface area contributed by atoms with E-state index in [9.17, 15) is 0 Å². The first-order valence-corrected chi connectivity index (χ1v) is 6.28. The number of hydrogen-bond donors (Lipinski definition) is 0. The Bertz CT molecular complexity index is 404. The molecule has 2 heteroatoms. The summed E-state index contributed by atoms with van der Waals surface area (Å²) in [6.45, 7) is 6.69. The predicted molar refractivity (Wildman–Crippen MR) is 67.2 cm³/mol. The highest BCUT2D eigenvalue weighted by Crippen LogP contribution is 2.34. The molecule has 1 aliphatic rings. The molecule has 0 fully saturated rings. The molecule has 0 radical (unpaired) electrons. The highest BCUT2D eigenvalue weighted by Gasteiger charge is 2.20. The van der Waals surface area contributed by atoms with Crippen molar-refractivity contribution in [3.8, 4) is 0 Å². The molecule has 0 N–H and O–H groups in total. The lowest BCUT2D eigenvalue weighted by atomic mass is 9.89. The van der Waals surface area contributed by atoms with Crippen LogP contribution in [-0.2, 0) is 5.41 Å². The fraction of sp³-hybridized carbons (Fsp3) is 0.385. The first-order valence-electron chi connectivity index (χ1n) is 5.28. The third-order valence-corrected chi connectivity index (χ3v) is 3.82. The third-order valence-electron chi connectivity index (χ3n) is 2.52. The monoisotopic (exact) mass is 220 g/mol. The second-order valence-electron chi connectivity index (χ2n) is 4.86. The Balaban J connectivity index is 2.19. The molecular formula is C13H17OP. The highest BCUT2D eigenvalue weighted by molar-refractivity contribution is 7.51. The maximum Gasteiger partial charge on any atom is 0.130 e. The summed E-state index contributed by atoms with van der Waals surface area (Å²) in [5.74, 6) is 0. The Labute approximate surface area is 93.0 Å². The molecule has 1 aromatic rings. The van der Waals surface area contributed by atoms with Gasteiger partial charge in [-0.25, -0.2) is 0 Å². The van der Waals surface area contributed by atoms with Crippen LogP contribution in [0.15, 0.2) is 40.3 Å². The highest BCUT2D eigenvalue weighted by atomic mass is 31.1. The summed E-state index contributed by atoms with van der Waals surface area (Å²) in [7, 11) is 0.687. The van der Waals surface area contributed by atoms with Crippen LogP contribution in [0.3, 0.4) is 0 Å². The summed E-state index contributed by atoms with van der Waals surface area (Å²) < 4.78 is 5.60. The molecular weight excluding hydrogens is 203 g/mol. The zero-order chi connectivity index (χ0) is 10.9. The van der Waals surface area contributed by atoms with E-state index in [2.05, 4.69) is 45.1 Å². The predicted octanol–water partition coefficient (Wildman–Crippen LogP) is 3.72. The van der Waals surface area contributed by atoms with E-state index in [4.69, 9.17) is 4.42 Å². The van der Waals surface area contributed by atoms with Crippen LogP contribution in [0.25, 0.3) is 0 Å². The molecule has 1 aliphatic carbocycles. The van der Waals surface area contributed by atoms with Gasteiger partial charge in [0, 0.05) is 5.56 Å². The SMILES string of the molecule is CC(C)(C)c1ccoc1PC1=CC=CC1. The average molecular weight is 220 g/mol. The Morgan fingerprint density at radius 3 is 2.73 bits per heavy atom. The van der Waals surface area contributed by atoms with Gasteiger partial charge in [0.2, 0.25) is 0 Å². The van der Waals surface area contributed by atoms with Gasteiger partial charge >= 0.3 is 0 Å². The van der Waals surface area contributed by atoms with Crippen molar-refractivity contribution in [2.75, 3.05) is 0 Å². The maximum absolute atomic E-state index is 5.60. The van der Waals surface area contributed by atoms with Gasteiger partial charge in [-0.05, 0) is 31.8 Å². The Hall–Kier alpha value is -0.810. The van der Waals surface area contributed by atoms with E-state index >= 15 is 0 Å². The molecule has 1 aromatic heterocycles. The maximum atomic E-state index is 5.60. The summed E-state index contributed by atoms with van der Waals surface area (Å²) in [6, 6.07) is 2.10. The molecule has 1 heterocycles. The number of hydrogen-bond acceptors (Lipinski definition) is 1. The molecule has 0 bridgehead atoms. The van der Waals surface area contributed by atoms with Gasteiger partial charge in [0.25, 0.3) is 0 Å². The average Bonchev–Trinajstić information content (AvgIpc) is 2.73. The van der Waals surface area contributed by atoms with Crippen LogP contribution >= 0.6 is 8.58 Å². The van der Waals surface area contributed by atoms with Crippen LogP contribution in [0.2, 0.25) is 0 Å². The standard InChI is InChI=1S/C13H17OP/c1-13(2,3)11-8-9-14-12(11)15-10-6-4-5-7-10/h4-6,8-9,15H,7H2,1-3H3. The topological polar surface area (TPSA) is 13.1 Å². The van der Waals surface area contributed by atoms with Crippen molar-refractivity contribution in [3.05, 3.63) is 41.4 Å². The van der Waals surface area contributed by atoms with E-state index in [-0.39, 0.29) is 5.41 Å². The summed E-state index contributed by atoms with van der Waals surface area (Å²) in [5.41, 5.74) is 2.67. The lowest BCUT2D eigenvalue weighted by Crippen LogP contribution is -2.17. The Kier molecular flexibility index (Phi) is 2.84. The molecule has 0 saturated heterocycles. The quantitative estimate of drug-likeness (QED) is 0.692. The van der Waals surface area contributed by atoms with Gasteiger partial charge in [0.1, 0.15) is 5.50 Å². The zero-order valence-electron chi connectivity index (χ0n) is 9.50. The molecule has 0 saturated carbocycles. The van der Waals surface area contributed by atoms with Crippen LogP contribution in [0.4, 0.5) is 0 Å². The van der Waals surface area contributed by atoms with E-state index in [1.54, 1.807) is 0 Å². The van der Waals surface area contributed by atoms with Crippen molar-refractivity contribution in [2.24, 2.45) is 0 Å². The van der Waals surface area contributed by atoms with Gasteiger partial charge in [-0.2, -0.15) is 0 Å². The van der Waals surface area contributed by atoms with Crippen molar-refractivity contribution in [1.29, 1.82) is 0 Å². The normalized spacial score (nSPS) is 16.6. The van der Waals surface area contributed by atoms with Crippen LogP contribution in [0.5, 0.6) is 0 Å². The summed E-state index contributed by atoms with van der Waals surface area (Å²) in [4.78, 5) is 0. The van der Waals surface area contributed by atoms with Crippen molar-refractivity contribution < 1.29 is 4.42 Å². The van der Waals surface area contributed by atoms with Gasteiger partial charge in [0.05, 0.1) is 6.26 Å². The molecule has 1 atom stereocenters. The molecule has 15 heavy (non-hydrogen) atoms. The molecule has 0 aliphatic heterocycles. The van der Waals surface area contributed by atoms with Crippen LogP contribution < -0.4 is 5.50 Å². The molecule has 1 unspecified atom stereocenters. The van der Waals surface area contributed by atoms with Gasteiger partial charge in [-0.3, -0.25) is 0 Å². The van der Waals surface area contributed by atoms with Crippen molar-refractivity contribution in [1.82, 2.24) is 0 Å². The Morgan fingerprint density at radius 2 is 2.13 bits per heavy atom. The van der Waals surface area contributed by atoms with Crippen molar-refractivity contribution in [3.63, 3.8) is 0 Å². The largest absolute Gasteiger partial charge is 0.464 e. The zero-order valence-corrected chi connectivity index (χ0v) is 10.5. The van der Waals surface area contributed by atoms with E-state index in [0.717, 1.165) is 11.9 Å². The molecule has 0 spiro atoms. The van der Waals surface area contributed by atoms with Gasteiger partial charge < -0.3 is 4.42 Å². The molecule has 0 amide bonds. The van der Waals surface area contributed by atoms with E-state index in [0.29, 0.717) is 8.58 Å². The summed E-state index contributed by atoms with van der Waals surface area (Å²) in [6.07, 6.45) is 9.42. The fourth-order valence-electron chi connectivity index (χ4n) is 1.68. The first kappa shape index (κ1) is 10.7. The molecule has 1 nitrogen and oxygen atoms in total. The van der Waals surface area contributed by atoms with Gasteiger partial charge in [-0.1, -0.05) is 39.0 Å². The smallest absolute Gasteiger partial charge is 0.130 e. The lowest BCUT2D eigenvalue weighted by Gasteiger charge is -2.18. The molecule has 80 valence electrons. The van der Waals surface area contributed by atoms with Gasteiger partial charge in [0.15, 0.2) is 0 Å². The fourth-order valence-corrected chi connectivity index (χ4v) is 3.09. The number of furan rings is 1. The minimum absolute atomic E-state index is 0.182. The Morgan fingerprint density at radius 1 is 1.33 bits per heavy atom. The lowest BCUT2D eigenvalue weighted by molar-refractivity contribution is 0.567. The van der Waals surface area contributed by atoms with Crippen LogP contribution in [-0.4, -0.2) is 0 Å². The van der Waals surface area contributed by atoms with E-state index in [1.165, 1.54) is 10.9 Å². The minimum atomic E-state index is 0.182. The molecule has 2 rings (SSSR count). The summed E-state index contributed by atoms with van der Waals surface area (Å²) in [5, 5.41) is 1.47. The van der Waals surface area contributed by atoms with Crippen LogP contribution in [0, 0.1) is 0 Å².